The Bertz CT molecular complexity index is 1350. The van der Waals surface area contributed by atoms with Crippen molar-refractivity contribution in [2.45, 2.75) is 12.5 Å². The molecule has 7 rings (SSSR count). The summed E-state index contributed by atoms with van der Waals surface area (Å²) in [5.41, 5.74) is 2.32. The molecule has 6 heteroatoms. The second-order valence-corrected chi connectivity index (χ2v) is 9.62. The van der Waals surface area contributed by atoms with Gasteiger partial charge in [0.05, 0.1) is 23.2 Å². The summed E-state index contributed by atoms with van der Waals surface area (Å²) in [6, 6.07) is 21.3. The number of benzene rings is 3. The molecule has 2 heterocycles. The average Bonchev–Trinajstić information content (AvgIpc) is 3.54. The molecule has 0 N–H and O–H groups in total. The maximum Gasteiger partial charge on any atom is 0.238 e. The molecule has 5 nitrogen and oxygen atoms in total. The van der Waals surface area contributed by atoms with Crippen LogP contribution >= 0.6 is 11.6 Å². The molecule has 6 atom stereocenters. The Kier molecular flexibility index (Phi) is 3.69. The average molecular weight is 443 g/mol. The first-order valence-corrected chi connectivity index (χ1v) is 11.4. The number of oxime groups is 1. The maximum absolute atomic E-state index is 13.6. The normalized spacial score (nSPS) is 32.3. The number of hydrogen-bond acceptors (Lipinski definition) is 4. The van der Waals surface area contributed by atoms with Gasteiger partial charge in [0.25, 0.3) is 0 Å². The molecule has 0 radical (unpaired) electrons. The Balaban J connectivity index is 1.26. The highest BCUT2D eigenvalue weighted by Crippen LogP contribution is 2.62. The molecule has 2 amide bonds. The molecule has 2 saturated carbocycles. The molecule has 3 aromatic rings. The minimum absolute atomic E-state index is 0.000596. The first-order valence-electron chi connectivity index (χ1n) is 11.0. The predicted molar refractivity (Wildman–Crippen MR) is 121 cm³/mol. The van der Waals surface area contributed by atoms with E-state index in [1.165, 1.54) is 4.90 Å². The molecule has 2 bridgehead atoms. The summed E-state index contributed by atoms with van der Waals surface area (Å²) >= 11 is 6.45. The number of nitrogens with zero attached hydrogens (tertiary/aromatic N) is 2. The summed E-state index contributed by atoms with van der Waals surface area (Å²) in [5.74, 6) is -0.817. The van der Waals surface area contributed by atoms with Gasteiger partial charge in [-0.25, -0.2) is 0 Å². The van der Waals surface area contributed by atoms with Crippen molar-refractivity contribution in [2.75, 3.05) is 4.90 Å². The van der Waals surface area contributed by atoms with Crippen LogP contribution in [0.25, 0.3) is 10.8 Å². The number of carbonyl (C=O) groups is 2. The fourth-order valence-electron chi connectivity index (χ4n) is 6.59. The van der Waals surface area contributed by atoms with Crippen LogP contribution in [0.2, 0.25) is 5.02 Å². The van der Waals surface area contributed by atoms with Gasteiger partial charge in [0.2, 0.25) is 11.8 Å². The Morgan fingerprint density at radius 3 is 2.38 bits per heavy atom. The first kappa shape index (κ1) is 18.4. The van der Waals surface area contributed by atoms with E-state index in [-0.39, 0.29) is 47.5 Å². The summed E-state index contributed by atoms with van der Waals surface area (Å²) in [7, 11) is 0. The molecule has 2 aliphatic heterocycles. The summed E-state index contributed by atoms with van der Waals surface area (Å²) in [6.45, 7) is 0. The highest BCUT2D eigenvalue weighted by atomic mass is 35.5. The van der Waals surface area contributed by atoms with Gasteiger partial charge in [-0.05, 0) is 41.3 Å². The Labute approximate surface area is 189 Å². The maximum atomic E-state index is 13.6. The van der Waals surface area contributed by atoms with E-state index in [0.29, 0.717) is 10.7 Å². The third kappa shape index (κ3) is 2.27. The Morgan fingerprint density at radius 1 is 0.844 bits per heavy atom. The topological polar surface area (TPSA) is 59.0 Å². The number of fused-ring (bicyclic) bond motifs is 9. The number of halogens is 1. The highest BCUT2D eigenvalue weighted by Gasteiger charge is 2.70. The third-order valence-electron chi connectivity index (χ3n) is 7.83. The number of carbonyl (C=O) groups excluding carboxylic acids is 2. The Morgan fingerprint density at radius 2 is 1.56 bits per heavy atom. The van der Waals surface area contributed by atoms with Gasteiger partial charge >= 0.3 is 0 Å². The van der Waals surface area contributed by atoms with E-state index in [4.69, 9.17) is 16.4 Å². The fraction of sp³-hybridized carbons (Fsp3) is 0.269. The van der Waals surface area contributed by atoms with Crippen molar-refractivity contribution in [3.63, 3.8) is 0 Å². The van der Waals surface area contributed by atoms with Gasteiger partial charge in [-0.3, -0.25) is 14.5 Å². The van der Waals surface area contributed by atoms with Crippen molar-refractivity contribution >= 4 is 45.6 Å². The number of anilines is 1. The molecule has 4 aliphatic rings. The van der Waals surface area contributed by atoms with Crippen molar-refractivity contribution in [1.82, 2.24) is 0 Å². The summed E-state index contributed by atoms with van der Waals surface area (Å²) < 4.78 is 0. The first-order chi connectivity index (χ1) is 15.6. The van der Waals surface area contributed by atoms with Gasteiger partial charge in [-0.2, -0.15) is 0 Å². The third-order valence-corrected chi connectivity index (χ3v) is 8.16. The zero-order chi connectivity index (χ0) is 21.6. The minimum atomic E-state index is -0.332. The lowest BCUT2D eigenvalue weighted by atomic mass is 9.71. The zero-order valence-corrected chi connectivity index (χ0v) is 17.8. The van der Waals surface area contributed by atoms with Crippen LogP contribution in [0.15, 0.2) is 71.9 Å². The second kappa shape index (κ2) is 6.42. The molecule has 0 unspecified atom stereocenters. The van der Waals surface area contributed by atoms with Gasteiger partial charge in [-0.15, -0.1) is 0 Å². The molecule has 1 saturated heterocycles. The van der Waals surface area contributed by atoms with Crippen molar-refractivity contribution in [1.29, 1.82) is 0 Å². The van der Waals surface area contributed by atoms with Crippen molar-refractivity contribution in [3.8, 4) is 0 Å². The van der Waals surface area contributed by atoms with Crippen molar-refractivity contribution in [3.05, 3.63) is 77.3 Å². The highest BCUT2D eigenvalue weighted by molar-refractivity contribution is 6.34. The van der Waals surface area contributed by atoms with E-state index in [1.54, 1.807) is 0 Å². The van der Waals surface area contributed by atoms with Crippen LogP contribution < -0.4 is 4.90 Å². The molecule has 2 aliphatic carbocycles. The van der Waals surface area contributed by atoms with Gasteiger partial charge in [0.15, 0.2) is 0 Å². The van der Waals surface area contributed by atoms with Gasteiger partial charge in [0.1, 0.15) is 6.10 Å². The smallest absolute Gasteiger partial charge is 0.238 e. The van der Waals surface area contributed by atoms with Crippen LogP contribution in [0.1, 0.15) is 12.0 Å². The molecular formula is C26H19ClN2O3. The van der Waals surface area contributed by atoms with E-state index in [9.17, 15) is 9.59 Å². The molecule has 158 valence electrons. The number of hydrogen-bond donors (Lipinski definition) is 0. The van der Waals surface area contributed by atoms with E-state index < -0.39 is 0 Å². The quantitative estimate of drug-likeness (QED) is 0.542. The second-order valence-electron chi connectivity index (χ2n) is 9.21. The van der Waals surface area contributed by atoms with E-state index >= 15 is 0 Å². The lowest BCUT2D eigenvalue weighted by Gasteiger charge is -2.30. The minimum Gasteiger partial charge on any atom is -0.391 e. The van der Waals surface area contributed by atoms with Crippen LogP contribution in [0, 0.1) is 29.6 Å². The van der Waals surface area contributed by atoms with Gasteiger partial charge in [0, 0.05) is 22.4 Å². The molecule has 0 spiro atoms. The number of rotatable bonds is 2. The van der Waals surface area contributed by atoms with Crippen LogP contribution in [0.3, 0.4) is 0 Å². The van der Waals surface area contributed by atoms with E-state index in [0.717, 1.165) is 28.5 Å². The summed E-state index contributed by atoms with van der Waals surface area (Å²) in [5, 5.41) is 7.10. The van der Waals surface area contributed by atoms with Crippen LogP contribution in [0.5, 0.6) is 0 Å². The van der Waals surface area contributed by atoms with Crippen LogP contribution in [0.4, 0.5) is 5.69 Å². The largest absolute Gasteiger partial charge is 0.391 e. The standard InChI is InChI=1S/C26H19ClN2O3/c27-19-8-4-3-7-16(19)23-22-17-12-18(24(22)32-28-23)21-20(17)25(30)29(26(21)31)15-10-9-13-5-1-2-6-14(13)11-15/h1-11,17-18,20-22,24H,12H2/t17-,18+,20+,21+,22+,24-/m1/s1. The van der Waals surface area contributed by atoms with Gasteiger partial charge < -0.3 is 4.84 Å². The van der Waals surface area contributed by atoms with E-state index in [1.807, 2.05) is 66.7 Å². The number of imide groups is 1. The van der Waals surface area contributed by atoms with Gasteiger partial charge in [-0.1, -0.05) is 65.3 Å². The zero-order valence-electron chi connectivity index (χ0n) is 17.0. The molecule has 3 fully saturated rings. The molecule has 0 aromatic heterocycles. The Hall–Kier alpha value is -3.18. The molecule has 3 aromatic carbocycles. The summed E-state index contributed by atoms with van der Waals surface area (Å²) in [4.78, 5) is 34.4. The van der Waals surface area contributed by atoms with Crippen molar-refractivity contribution in [2.24, 2.45) is 34.7 Å². The lowest BCUT2D eigenvalue weighted by Crippen LogP contribution is -2.41. The van der Waals surface area contributed by atoms with Crippen LogP contribution in [-0.4, -0.2) is 23.6 Å². The SMILES string of the molecule is O=C1[C@H]2[C@@H]3C[C@@H]([C@H]4C(c5ccccc5Cl)=NO[C@H]34)[C@@H]2C(=O)N1c1ccc2ccccc2c1. The summed E-state index contributed by atoms with van der Waals surface area (Å²) in [6.07, 6.45) is 0.651. The van der Waals surface area contributed by atoms with Crippen molar-refractivity contribution < 1.29 is 14.4 Å². The lowest BCUT2D eigenvalue weighted by molar-refractivity contribution is -0.125. The predicted octanol–water partition coefficient (Wildman–Crippen LogP) is 4.67. The molecular weight excluding hydrogens is 424 g/mol. The fourth-order valence-corrected chi connectivity index (χ4v) is 6.82. The molecule has 32 heavy (non-hydrogen) atoms. The van der Waals surface area contributed by atoms with Crippen LogP contribution in [-0.2, 0) is 14.4 Å². The monoisotopic (exact) mass is 442 g/mol. The number of amides is 2. The van der Waals surface area contributed by atoms with E-state index in [2.05, 4.69) is 5.16 Å².